The van der Waals surface area contributed by atoms with Crippen LogP contribution in [0.4, 0.5) is 13.2 Å². The topological polar surface area (TPSA) is 40.6 Å². The maximum Gasteiger partial charge on any atom is 0.391 e. The first-order valence-corrected chi connectivity index (χ1v) is 7.87. The molecule has 2 amide bonds. The Hall–Kier alpha value is -1.27. The average molecular weight is 320 g/mol. The zero-order chi connectivity index (χ0) is 16.5. The van der Waals surface area contributed by atoms with Gasteiger partial charge in [-0.2, -0.15) is 13.2 Å². The summed E-state index contributed by atoms with van der Waals surface area (Å²) in [7, 11) is 0. The lowest BCUT2D eigenvalue weighted by Crippen LogP contribution is -2.51. The maximum absolute atomic E-state index is 12.7. The van der Waals surface area contributed by atoms with Crippen LogP contribution in [-0.4, -0.2) is 53.5 Å². The Morgan fingerprint density at radius 2 is 1.64 bits per heavy atom. The fraction of sp³-hybridized carbons (Fsp3) is 0.867. The van der Waals surface area contributed by atoms with Crippen molar-refractivity contribution in [2.75, 3.05) is 19.6 Å². The standard InChI is InChI=1S/C15H23F3N2O2/c1-10(2)13(21)20-7-3-4-12(20)14(22)19-8-5-11(6-9-19)15(16,17)18/h10-12H,3-9H2,1-2H3. The largest absolute Gasteiger partial charge is 0.391 e. The van der Waals surface area contributed by atoms with Crippen molar-refractivity contribution < 1.29 is 22.8 Å². The third-order valence-electron chi connectivity index (χ3n) is 4.58. The fourth-order valence-corrected chi connectivity index (χ4v) is 3.26. The summed E-state index contributed by atoms with van der Waals surface area (Å²) < 4.78 is 38.0. The number of hydrogen-bond donors (Lipinski definition) is 0. The van der Waals surface area contributed by atoms with Crippen molar-refractivity contribution in [3.8, 4) is 0 Å². The predicted octanol–water partition coefficient (Wildman–Crippen LogP) is 2.43. The molecule has 4 nitrogen and oxygen atoms in total. The van der Waals surface area contributed by atoms with Gasteiger partial charge in [-0.3, -0.25) is 9.59 Å². The molecule has 0 aromatic heterocycles. The van der Waals surface area contributed by atoms with Crippen LogP contribution in [0.2, 0.25) is 0 Å². The average Bonchev–Trinajstić information content (AvgIpc) is 2.94. The van der Waals surface area contributed by atoms with E-state index in [1.165, 1.54) is 4.90 Å². The molecular weight excluding hydrogens is 297 g/mol. The third-order valence-corrected chi connectivity index (χ3v) is 4.58. The van der Waals surface area contributed by atoms with Crippen molar-refractivity contribution in [1.82, 2.24) is 9.80 Å². The number of amides is 2. The quantitative estimate of drug-likeness (QED) is 0.784. The van der Waals surface area contributed by atoms with Crippen LogP contribution in [-0.2, 0) is 9.59 Å². The minimum absolute atomic E-state index is 0.0416. The molecule has 126 valence electrons. The van der Waals surface area contributed by atoms with Crippen LogP contribution in [0.5, 0.6) is 0 Å². The van der Waals surface area contributed by atoms with Crippen LogP contribution in [0.25, 0.3) is 0 Å². The Balaban J connectivity index is 1.96. The number of hydrogen-bond acceptors (Lipinski definition) is 2. The van der Waals surface area contributed by atoms with Gasteiger partial charge >= 0.3 is 6.18 Å². The number of likely N-dealkylation sites (tertiary alicyclic amines) is 2. The Labute approximate surface area is 128 Å². The van der Waals surface area contributed by atoms with Gasteiger partial charge in [0.15, 0.2) is 0 Å². The van der Waals surface area contributed by atoms with Gasteiger partial charge in [0, 0.05) is 25.6 Å². The van der Waals surface area contributed by atoms with Gasteiger partial charge in [-0.25, -0.2) is 0 Å². The molecule has 22 heavy (non-hydrogen) atoms. The molecule has 0 N–H and O–H groups in total. The number of nitrogens with zero attached hydrogens (tertiary/aromatic N) is 2. The van der Waals surface area contributed by atoms with Gasteiger partial charge in [-0.1, -0.05) is 13.8 Å². The lowest BCUT2D eigenvalue weighted by Gasteiger charge is -2.36. The fourth-order valence-electron chi connectivity index (χ4n) is 3.26. The summed E-state index contributed by atoms with van der Waals surface area (Å²) in [6.45, 7) is 4.40. The van der Waals surface area contributed by atoms with E-state index in [1.807, 2.05) is 0 Å². The zero-order valence-electron chi connectivity index (χ0n) is 13.0. The summed E-state index contributed by atoms with van der Waals surface area (Å²) in [5, 5.41) is 0. The molecule has 0 radical (unpaired) electrons. The second-order valence-corrected chi connectivity index (χ2v) is 6.49. The van der Waals surface area contributed by atoms with Crippen LogP contribution in [0.3, 0.4) is 0 Å². The van der Waals surface area contributed by atoms with Gasteiger partial charge in [0.25, 0.3) is 0 Å². The van der Waals surface area contributed by atoms with Crippen molar-refractivity contribution in [2.45, 2.75) is 51.7 Å². The highest BCUT2D eigenvalue weighted by atomic mass is 19.4. The van der Waals surface area contributed by atoms with E-state index in [0.717, 1.165) is 6.42 Å². The van der Waals surface area contributed by atoms with Crippen LogP contribution in [0, 0.1) is 11.8 Å². The Bertz CT molecular complexity index is 429. The monoisotopic (exact) mass is 320 g/mol. The highest BCUT2D eigenvalue weighted by molar-refractivity contribution is 5.89. The summed E-state index contributed by atoms with van der Waals surface area (Å²) in [6, 6.07) is -0.489. The molecule has 1 unspecified atom stereocenters. The van der Waals surface area contributed by atoms with Gasteiger partial charge < -0.3 is 9.80 Å². The Kier molecular flexibility index (Phi) is 5.02. The molecule has 0 saturated carbocycles. The first-order chi connectivity index (χ1) is 10.2. The van der Waals surface area contributed by atoms with Crippen LogP contribution in [0.1, 0.15) is 39.5 Å². The van der Waals surface area contributed by atoms with E-state index in [2.05, 4.69) is 0 Å². The first kappa shape index (κ1) is 17.1. The van der Waals surface area contributed by atoms with E-state index in [0.29, 0.717) is 13.0 Å². The number of rotatable bonds is 2. The molecule has 0 aromatic rings. The summed E-state index contributed by atoms with van der Waals surface area (Å²) in [4.78, 5) is 27.8. The van der Waals surface area contributed by atoms with Crippen molar-refractivity contribution in [2.24, 2.45) is 11.8 Å². The van der Waals surface area contributed by atoms with E-state index in [-0.39, 0.29) is 43.7 Å². The van der Waals surface area contributed by atoms with Crippen LogP contribution in [0.15, 0.2) is 0 Å². The van der Waals surface area contributed by atoms with E-state index >= 15 is 0 Å². The molecule has 2 heterocycles. The summed E-state index contributed by atoms with van der Waals surface area (Å²) >= 11 is 0. The van der Waals surface area contributed by atoms with Crippen LogP contribution < -0.4 is 0 Å². The first-order valence-electron chi connectivity index (χ1n) is 7.87. The molecule has 2 rings (SSSR count). The third kappa shape index (κ3) is 3.55. The molecule has 0 spiro atoms. The normalized spacial score (nSPS) is 24.2. The minimum atomic E-state index is -4.18. The SMILES string of the molecule is CC(C)C(=O)N1CCCC1C(=O)N1CCC(C(F)(F)F)CC1. The summed E-state index contributed by atoms with van der Waals surface area (Å²) in [6.07, 6.45) is -2.88. The summed E-state index contributed by atoms with van der Waals surface area (Å²) in [5.41, 5.74) is 0. The minimum Gasteiger partial charge on any atom is -0.341 e. The van der Waals surface area contributed by atoms with Gasteiger partial charge in [-0.05, 0) is 25.7 Å². The molecule has 2 aliphatic heterocycles. The summed E-state index contributed by atoms with van der Waals surface area (Å²) in [5.74, 6) is -1.73. The Morgan fingerprint density at radius 3 is 2.14 bits per heavy atom. The zero-order valence-corrected chi connectivity index (χ0v) is 13.0. The number of carbonyl (C=O) groups is 2. The van der Waals surface area contributed by atoms with E-state index in [9.17, 15) is 22.8 Å². The van der Waals surface area contributed by atoms with E-state index in [4.69, 9.17) is 0 Å². The molecule has 7 heteroatoms. The maximum atomic E-state index is 12.7. The smallest absolute Gasteiger partial charge is 0.341 e. The van der Waals surface area contributed by atoms with E-state index in [1.54, 1.807) is 18.7 Å². The molecule has 2 saturated heterocycles. The van der Waals surface area contributed by atoms with E-state index < -0.39 is 18.1 Å². The van der Waals surface area contributed by atoms with Crippen LogP contribution >= 0.6 is 0 Å². The number of alkyl halides is 3. The molecule has 2 fully saturated rings. The second kappa shape index (κ2) is 6.46. The lowest BCUT2D eigenvalue weighted by molar-refractivity contribution is -0.187. The lowest BCUT2D eigenvalue weighted by atomic mass is 9.95. The second-order valence-electron chi connectivity index (χ2n) is 6.49. The molecule has 2 aliphatic rings. The predicted molar refractivity (Wildman–Crippen MR) is 74.9 cm³/mol. The van der Waals surface area contributed by atoms with Crippen molar-refractivity contribution in [1.29, 1.82) is 0 Å². The molecule has 1 atom stereocenters. The molecule has 0 aromatic carbocycles. The van der Waals surface area contributed by atoms with Gasteiger partial charge in [0.2, 0.25) is 11.8 Å². The van der Waals surface area contributed by atoms with Crippen molar-refractivity contribution >= 4 is 11.8 Å². The van der Waals surface area contributed by atoms with Gasteiger partial charge in [0.1, 0.15) is 6.04 Å². The van der Waals surface area contributed by atoms with Crippen molar-refractivity contribution in [3.63, 3.8) is 0 Å². The number of carbonyl (C=O) groups excluding carboxylic acids is 2. The number of piperidine rings is 1. The van der Waals surface area contributed by atoms with Crippen molar-refractivity contribution in [3.05, 3.63) is 0 Å². The number of halogens is 3. The van der Waals surface area contributed by atoms with Gasteiger partial charge in [-0.15, -0.1) is 0 Å². The highest BCUT2D eigenvalue weighted by Gasteiger charge is 2.43. The molecule has 0 bridgehead atoms. The Morgan fingerprint density at radius 1 is 1.05 bits per heavy atom. The molecular formula is C15H23F3N2O2. The highest BCUT2D eigenvalue weighted by Crippen LogP contribution is 2.34. The molecule has 0 aliphatic carbocycles. The van der Waals surface area contributed by atoms with Gasteiger partial charge in [0.05, 0.1) is 5.92 Å².